The Morgan fingerprint density at radius 1 is 1.08 bits per heavy atom. The van der Waals surface area contributed by atoms with Crippen molar-refractivity contribution in [3.8, 4) is 11.3 Å². The topological polar surface area (TPSA) is 4.93 Å². The third kappa shape index (κ3) is 2.87. The second kappa shape index (κ2) is 7.51. The van der Waals surface area contributed by atoms with Crippen molar-refractivity contribution >= 4 is 35.7 Å². The molecule has 2 aliphatic carbocycles. The van der Waals surface area contributed by atoms with Crippen LogP contribution in [0.4, 0.5) is 0 Å². The number of hydrogen-bond donors (Lipinski definition) is 0. The summed E-state index contributed by atoms with van der Waals surface area (Å²) in [5.74, 6) is 0. The number of benzene rings is 2. The van der Waals surface area contributed by atoms with Gasteiger partial charge >= 0.3 is 155 Å². The van der Waals surface area contributed by atoms with Gasteiger partial charge in [-0.1, -0.05) is 0 Å². The van der Waals surface area contributed by atoms with Crippen LogP contribution in [0.3, 0.4) is 0 Å². The van der Waals surface area contributed by atoms with Crippen molar-refractivity contribution in [3.05, 3.63) is 80.7 Å². The molecule has 0 radical (unpaired) electrons. The molecule has 0 N–H and O–H groups in total. The predicted molar refractivity (Wildman–Crippen MR) is 111 cm³/mol. The van der Waals surface area contributed by atoms with Crippen molar-refractivity contribution in [2.75, 3.05) is 0 Å². The number of nitrogens with zero attached hydrogens (tertiary/aromatic N) is 1. The van der Waals surface area contributed by atoms with Crippen LogP contribution in [0.1, 0.15) is 26.7 Å². The van der Waals surface area contributed by atoms with Gasteiger partial charge in [0.2, 0.25) is 0 Å². The summed E-state index contributed by atoms with van der Waals surface area (Å²) in [7, 11) is 2.23. The number of rotatable bonds is 2. The molecule has 2 aromatic carbocycles. The van der Waals surface area contributed by atoms with Gasteiger partial charge < -0.3 is 0 Å². The van der Waals surface area contributed by atoms with Gasteiger partial charge in [0, 0.05) is 0 Å². The Morgan fingerprint density at radius 2 is 1.88 bits per heavy atom. The Labute approximate surface area is 178 Å². The second-order valence-electron chi connectivity index (χ2n) is 6.83. The van der Waals surface area contributed by atoms with Gasteiger partial charge in [-0.05, 0) is 0 Å². The fourth-order valence-electron chi connectivity index (χ4n) is 4.21. The first kappa shape index (κ1) is 19.7. The molecular formula is C22H21Cl2NZr. The zero-order valence-corrected chi connectivity index (χ0v) is 18.9. The Hall–Kier alpha value is -1.08. The number of allylic oxidation sites excluding steroid dienone is 4. The molecule has 0 spiro atoms. The van der Waals surface area contributed by atoms with Gasteiger partial charge in [0.25, 0.3) is 0 Å². The molecule has 1 atom stereocenters. The van der Waals surface area contributed by atoms with E-state index in [9.17, 15) is 0 Å². The molecule has 1 heterocycles. The number of halogens is 2. The van der Waals surface area contributed by atoms with E-state index in [1.807, 2.05) is 0 Å². The van der Waals surface area contributed by atoms with Crippen LogP contribution >= 0.6 is 24.8 Å². The van der Waals surface area contributed by atoms with Crippen molar-refractivity contribution in [2.24, 2.45) is 7.05 Å². The average Bonchev–Trinajstić information content (AvgIpc) is 3.27. The van der Waals surface area contributed by atoms with E-state index in [0.29, 0.717) is 3.63 Å². The second-order valence-corrected chi connectivity index (χ2v) is 10.5. The summed E-state index contributed by atoms with van der Waals surface area (Å²) in [6.07, 6.45) is 8.11. The van der Waals surface area contributed by atoms with Crippen LogP contribution in [0.15, 0.2) is 64.0 Å². The van der Waals surface area contributed by atoms with E-state index in [2.05, 4.69) is 79.2 Å². The van der Waals surface area contributed by atoms with E-state index >= 15 is 0 Å². The molecule has 0 fully saturated rings. The number of aromatic nitrogens is 1. The minimum absolute atomic E-state index is 0. The predicted octanol–water partition coefficient (Wildman–Crippen LogP) is 6.33. The average molecular weight is 462 g/mol. The van der Waals surface area contributed by atoms with Crippen LogP contribution in [0.25, 0.3) is 22.2 Å². The quantitative estimate of drug-likeness (QED) is 0.421. The molecule has 1 unspecified atom stereocenters. The molecule has 2 aliphatic rings. The fourth-order valence-corrected chi connectivity index (χ4v) is 8.25. The van der Waals surface area contributed by atoms with Crippen LogP contribution < -0.4 is 0 Å². The third-order valence-corrected chi connectivity index (χ3v) is 9.32. The summed E-state index contributed by atoms with van der Waals surface area (Å²) >= 11 is -0.687. The maximum absolute atomic E-state index is 2.42. The summed E-state index contributed by atoms with van der Waals surface area (Å²) in [6, 6.07) is 16.0. The van der Waals surface area contributed by atoms with E-state index in [1.54, 1.807) is 14.4 Å². The SMILES string of the molecule is Cc1ccc2c(c1)c1c(n2C)-c2ccccc2[CH]1[Zr][C]1=CC=CC1.Cl.Cl. The molecule has 3 aromatic rings. The molecule has 5 rings (SSSR count). The minimum Gasteiger partial charge on any atom is -0.147 e. The van der Waals surface area contributed by atoms with Gasteiger partial charge in [-0.3, -0.25) is 0 Å². The smallest absolute Gasteiger partial charge is 0.147 e. The minimum atomic E-state index is -0.687. The van der Waals surface area contributed by atoms with Gasteiger partial charge in [-0.25, -0.2) is 0 Å². The van der Waals surface area contributed by atoms with E-state index < -0.39 is 23.2 Å². The maximum Gasteiger partial charge on any atom is -0.147 e. The molecule has 0 bridgehead atoms. The Balaban J connectivity index is 0.000000980. The zero-order valence-electron chi connectivity index (χ0n) is 14.8. The molecule has 1 nitrogen and oxygen atoms in total. The van der Waals surface area contributed by atoms with Crippen molar-refractivity contribution < 1.29 is 23.2 Å². The largest absolute Gasteiger partial charge is 0.147 e. The molecule has 26 heavy (non-hydrogen) atoms. The molecule has 0 aliphatic heterocycles. The van der Waals surface area contributed by atoms with Gasteiger partial charge in [-0.2, -0.15) is 0 Å². The van der Waals surface area contributed by atoms with E-state index in [4.69, 9.17) is 0 Å². The van der Waals surface area contributed by atoms with Crippen LogP contribution in [-0.2, 0) is 30.3 Å². The first-order chi connectivity index (χ1) is 11.7. The molecule has 1 aromatic heterocycles. The monoisotopic (exact) mass is 459 g/mol. The molecule has 0 saturated heterocycles. The van der Waals surface area contributed by atoms with Crippen molar-refractivity contribution in [1.29, 1.82) is 0 Å². The maximum atomic E-state index is 2.42. The number of fused-ring (bicyclic) bond motifs is 5. The molecule has 0 saturated carbocycles. The summed E-state index contributed by atoms with van der Waals surface area (Å²) in [6.45, 7) is 2.21. The summed E-state index contributed by atoms with van der Waals surface area (Å²) < 4.78 is 4.79. The molecule has 4 heteroatoms. The first-order valence-corrected chi connectivity index (χ1v) is 11.2. The van der Waals surface area contributed by atoms with Gasteiger partial charge in [0.1, 0.15) is 0 Å². The summed E-state index contributed by atoms with van der Waals surface area (Å²) in [5.41, 5.74) is 8.84. The van der Waals surface area contributed by atoms with Crippen LogP contribution in [0, 0.1) is 6.92 Å². The molecular weight excluding hydrogens is 440 g/mol. The Bertz CT molecular complexity index is 1050. The van der Waals surface area contributed by atoms with Gasteiger partial charge in [0.15, 0.2) is 0 Å². The van der Waals surface area contributed by atoms with E-state index in [1.165, 1.54) is 34.1 Å². The third-order valence-electron chi connectivity index (χ3n) is 5.31. The first-order valence-electron chi connectivity index (χ1n) is 8.54. The van der Waals surface area contributed by atoms with Crippen LogP contribution in [0.2, 0.25) is 0 Å². The van der Waals surface area contributed by atoms with Gasteiger partial charge in [-0.15, -0.1) is 24.8 Å². The van der Waals surface area contributed by atoms with E-state index in [0.717, 1.165) is 0 Å². The fraction of sp³-hybridized carbons (Fsp3) is 0.182. The van der Waals surface area contributed by atoms with Crippen molar-refractivity contribution in [1.82, 2.24) is 4.57 Å². The van der Waals surface area contributed by atoms with Crippen LogP contribution in [0.5, 0.6) is 0 Å². The number of hydrogen-bond acceptors (Lipinski definition) is 0. The normalized spacial score (nSPS) is 16.5. The molecule has 0 amide bonds. The van der Waals surface area contributed by atoms with Crippen molar-refractivity contribution in [3.63, 3.8) is 0 Å². The number of aryl methyl sites for hydroxylation is 2. The zero-order chi connectivity index (χ0) is 16.3. The Morgan fingerprint density at radius 3 is 2.65 bits per heavy atom. The standard InChI is InChI=1S/C17H14N.C5H5.2ClH.Zr/c1-11-7-8-16-14(9-11)15-10-12-5-3-4-6-13(12)17(15)18(16)2;1-2-4-5-3-1;;;/h3-10H,1-2H3;1-3H,4H2;2*1H;. The Kier molecular flexibility index (Phi) is 5.68. The molecule has 132 valence electrons. The van der Waals surface area contributed by atoms with E-state index in [-0.39, 0.29) is 24.8 Å². The van der Waals surface area contributed by atoms with Gasteiger partial charge in [0.05, 0.1) is 0 Å². The summed E-state index contributed by atoms with van der Waals surface area (Å²) in [5, 5.41) is 1.47. The summed E-state index contributed by atoms with van der Waals surface area (Å²) in [4.78, 5) is 0. The van der Waals surface area contributed by atoms with Crippen LogP contribution in [-0.4, -0.2) is 4.57 Å². The van der Waals surface area contributed by atoms with Crippen molar-refractivity contribution in [2.45, 2.75) is 17.0 Å².